The summed E-state index contributed by atoms with van der Waals surface area (Å²) in [5, 5.41) is 0. The number of nitrogens with zero attached hydrogens (tertiary/aromatic N) is 5. The smallest absolute Gasteiger partial charge is 0.225 e. The van der Waals surface area contributed by atoms with Gasteiger partial charge in [0, 0.05) is 12.3 Å². The van der Waals surface area contributed by atoms with Crippen LogP contribution in [-0.4, -0.2) is 48.1 Å². The Kier molecular flexibility index (Phi) is 4.71. The van der Waals surface area contributed by atoms with Gasteiger partial charge in [0.05, 0.1) is 22.2 Å². The quantitative estimate of drug-likeness (QED) is 0.424. The minimum Gasteiger partial charge on any atom is -0.304 e. The molecule has 1 fully saturated rings. The Balaban J connectivity index is 1.66. The largest absolute Gasteiger partial charge is 0.304 e. The van der Waals surface area contributed by atoms with Crippen molar-refractivity contribution in [2.45, 2.75) is 18.9 Å². The lowest BCUT2D eigenvalue weighted by Crippen LogP contribution is -2.27. The van der Waals surface area contributed by atoms with Gasteiger partial charge in [-0.25, -0.2) is 35.6 Å². The van der Waals surface area contributed by atoms with Crippen molar-refractivity contribution < 1.29 is 25.6 Å². The van der Waals surface area contributed by atoms with E-state index in [0.717, 1.165) is 29.5 Å². The van der Waals surface area contributed by atoms with Gasteiger partial charge in [-0.3, -0.25) is 8.87 Å². The van der Waals surface area contributed by atoms with E-state index in [1.165, 1.54) is 24.5 Å². The Hall–Kier alpha value is -3.06. The average Bonchev–Trinajstić information content (AvgIpc) is 3.36. The van der Waals surface area contributed by atoms with Crippen molar-refractivity contribution in [3.8, 4) is 5.95 Å². The molecule has 168 valence electrons. The lowest BCUT2D eigenvalue weighted by Gasteiger charge is -2.16. The van der Waals surface area contributed by atoms with Gasteiger partial charge in [-0.1, -0.05) is 0 Å². The van der Waals surface area contributed by atoms with Crippen LogP contribution in [0.4, 0.5) is 14.5 Å². The van der Waals surface area contributed by atoms with Gasteiger partial charge in [-0.05, 0) is 43.2 Å². The molecule has 2 aromatic heterocycles. The molecule has 0 unspecified atom stereocenters. The number of imidazole rings is 2. The van der Waals surface area contributed by atoms with Gasteiger partial charge in [0.25, 0.3) is 0 Å². The molecular weight excluding hydrogens is 464 g/mol. The van der Waals surface area contributed by atoms with Crippen molar-refractivity contribution in [2.75, 3.05) is 16.4 Å². The van der Waals surface area contributed by atoms with Crippen LogP contribution in [0, 0.1) is 11.6 Å². The fraction of sp³-hybridized carbons (Fsp3) is 0.263. The predicted octanol–water partition coefficient (Wildman–Crippen LogP) is 2.32. The van der Waals surface area contributed by atoms with Crippen molar-refractivity contribution in [1.29, 1.82) is 0 Å². The molecule has 0 radical (unpaired) electrons. The highest BCUT2D eigenvalue weighted by atomic mass is 32.2. The number of fused-ring (bicyclic) bond motifs is 2. The molecule has 5 rings (SSSR count). The van der Waals surface area contributed by atoms with E-state index in [1.807, 2.05) is 0 Å². The minimum atomic E-state index is -3.60. The van der Waals surface area contributed by atoms with Crippen molar-refractivity contribution in [3.05, 3.63) is 48.3 Å². The summed E-state index contributed by atoms with van der Waals surface area (Å²) in [6.07, 6.45) is 4.02. The average molecular weight is 482 g/mol. The zero-order chi connectivity index (χ0) is 22.8. The molecule has 1 aliphatic rings. The van der Waals surface area contributed by atoms with E-state index in [2.05, 4.69) is 9.97 Å². The third kappa shape index (κ3) is 3.50. The van der Waals surface area contributed by atoms with E-state index in [1.54, 1.807) is 15.2 Å². The van der Waals surface area contributed by atoms with Crippen LogP contribution in [-0.2, 0) is 20.7 Å². The summed E-state index contributed by atoms with van der Waals surface area (Å²) in [4.78, 5) is 8.79. The Labute approximate surface area is 182 Å². The SMILES string of the molecule is CS(=O)(=O)CN(c1ccc2c(c1)ncn2-c1nc2ccc(F)c(F)c2n1C1CC1)[SH](=O)=O. The van der Waals surface area contributed by atoms with Gasteiger partial charge in [0.15, 0.2) is 21.5 Å². The molecule has 2 aromatic carbocycles. The summed E-state index contributed by atoms with van der Waals surface area (Å²) in [7, 11) is -6.80. The van der Waals surface area contributed by atoms with Crippen LogP contribution in [0.5, 0.6) is 0 Å². The number of halogens is 2. The van der Waals surface area contributed by atoms with Crippen molar-refractivity contribution in [3.63, 3.8) is 0 Å². The Bertz CT molecular complexity index is 1560. The molecule has 0 amide bonds. The number of sulfone groups is 1. The van der Waals surface area contributed by atoms with Crippen LogP contribution in [0.3, 0.4) is 0 Å². The molecule has 4 aromatic rings. The van der Waals surface area contributed by atoms with Crippen molar-refractivity contribution >= 4 is 48.5 Å². The summed E-state index contributed by atoms with van der Waals surface area (Å²) in [5.74, 6) is -2.25. The highest BCUT2D eigenvalue weighted by Crippen LogP contribution is 2.41. The van der Waals surface area contributed by atoms with Gasteiger partial charge in [0.1, 0.15) is 17.7 Å². The highest BCUT2D eigenvalue weighted by molar-refractivity contribution is 7.91. The first-order valence-electron chi connectivity index (χ1n) is 9.57. The van der Waals surface area contributed by atoms with E-state index in [-0.39, 0.29) is 17.2 Å². The molecule has 32 heavy (non-hydrogen) atoms. The molecule has 0 bridgehead atoms. The van der Waals surface area contributed by atoms with E-state index in [4.69, 9.17) is 0 Å². The number of thiol groups is 1. The van der Waals surface area contributed by atoms with E-state index < -0.39 is 38.2 Å². The van der Waals surface area contributed by atoms with E-state index >= 15 is 0 Å². The van der Waals surface area contributed by atoms with Crippen LogP contribution >= 0.6 is 0 Å². The Morgan fingerprint density at radius 3 is 2.56 bits per heavy atom. The van der Waals surface area contributed by atoms with Crippen LogP contribution in [0.25, 0.3) is 28.0 Å². The number of hydrogen-bond donors (Lipinski definition) is 1. The second kappa shape index (κ2) is 7.24. The predicted molar refractivity (Wildman–Crippen MR) is 115 cm³/mol. The van der Waals surface area contributed by atoms with Gasteiger partial charge >= 0.3 is 0 Å². The Morgan fingerprint density at radius 2 is 1.91 bits per heavy atom. The zero-order valence-corrected chi connectivity index (χ0v) is 18.4. The first-order valence-corrected chi connectivity index (χ1v) is 12.8. The second-order valence-corrected chi connectivity index (χ2v) is 10.8. The number of aromatic nitrogens is 4. The molecular formula is C19H17F2N5O4S2. The lowest BCUT2D eigenvalue weighted by atomic mass is 10.3. The lowest BCUT2D eigenvalue weighted by molar-refractivity contribution is 0.511. The summed E-state index contributed by atoms with van der Waals surface area (Å²) in [6.45, 7) is 0. The van der Waals surface area contributed by atoms with Gasteiger partial charge in [0.2, 0.25) is 16.8 Å². The second-order valence-electron chi connectivity index (χ2n) is 7.72. The fourth-order valence-electron chi connectivity index (χ4n) is 3.72. The van der Waals surface area contributed by atoms with E-state index in [9.17, 15) is 25.6 Å². The van der Waals surface area contributed by atoms with Crippen molar-refractivity contribution in [1.82, 2.24) is 19.1 Å². The first-order chi connectivity index (χ1) is 15.1. The minimum absolute atomic E-state index is 0.0160. The molecule has 0 spiro atoms. The number of anilines is 1. The third-order valence-corrected chi connectivity index (χ3v) is 6.92. The maximum atomic E-state index is 14.6. The topological polar surface area (TPSA) is 107 Å². The van der Waals surface area contributed by atoms with Crippen LogP contribution < -0.4 is 4.31 Å². The molecule has 0 atom stereocenters. The summed E-state index contributed by atoms with van der Waals surface area (Å²) in [5.41, 5.74) is 1.48. The molecule has 2 heterocycles. The van der Waals surface area contributed by atoms with Crippen LogP contribution in [0.1, 0.15) is 18.9 Å². The highest BCUT2D eigenvalue weighted by Gasteiger charge is 2.31. The Morgan fingerprint density at radius 1 is 1.16 bits per heavy atom. The summed E-state index contributed by atoms with van der Waals surface area (Å²) < 4.78 is 79.0. The van der Waals surface area contributed by atoms with Crippen LogP contribution in [0.2, 0.25) is 0 Å². The monoisotopic (exact) mass is 481 g/mol. The van der Waals surface area contributed by atoms with Gasteiger partial charge in [-0.2, -0.15) is 0 Å². The summed E-state index contributed by atoms with van der Waals surface area (Å²) in [6, 6.07) is 6.93. The molecule has 1 saturated carbocycles. The van der Waals surface area contributed by atoms with Gasteiger partial charge < -0.3 is 4.57 Å². The standard InChI is InChI=1S/C19H17F2N5O4S2/c1-32(29,30)10-25(31(27)28)12-4-7-16-15(8-12)22-9-24(16)19-23-14-6-5-13(20)17(21)18(14)26(19)11-2-3-11/h4-9,11,31H,2-3,10H2,1H3. The van der Waals surface area contributed by atoms with Crippen molar-refractivity contribution in [2.24, 2.45) is 0 Å². The maximum Gasteiger partial charge on any atom is 0.225 e. The fourth-order valence-corrected chi connectivity index (χ4v) is 5.63. The third-order valence-electron chi connectivity index (χ3n) is 5.23. The van der Waals surface area contributed by atoms with E-state index in [0.29, 0.717) is 22.5 Å². The first kappa shape index (κ1) is 20.8. The number of hydrogen-bond acceptors (Lipinski definition) is 6. The number of rotatable bonds is 6. The molecule has 1 aliphatic carbocycles. The van der Waals surface area contributed by atoms with Crippen LogP contribution in [0.15, 0.2) is 36.7 Å². The zero-order valence-electron chi connectivity index (χ0n) is 16.6. The molecule has 0 aliphatic heterocycles. The molecule has 13 heteroatoms. The molecule has 9 nitrogen and oxygen atoms in total. The molecule has 0 saturated heterocycles. The van der Waals surface area contributed by atoms with Gasteiger partial charge in [-0.15, -0.1) is 0 Å². The maximum absolute atomic E-state index is 14.6. The summed E-state index contributed by atoms with van der Waals surface area (Å²) >= 11 is 0. The molecule has 0 N–H and O–H groups in total. The number of benzene rings is 2. The normalized spacial score (nSPS) is 14.6.